The summed E-state index contributed by atoms with van der Waals surface area (Å²) in [5.41, 5.74) is 1.85. The Morgan fingerprint density at radius 1 is 1.19 bits per heavy atom. The number of halogens is 1. The zero-order valence-electron chi connectivity index (χ0n) is 16.1. The normalized spacial score (nSPS) is 10.7. The highest BCUT2D eigenvalue weighted by Gasteiger charge is 2.13. The molecule has 0 unspecified atom stereocenters. The van der Waals surface area contributed by atoms with Crippen molar-refractivity contribution in [3.05, 3.63) is 77.8 Å². The maximum absolute atomic E-state index is 13.9. The summed E-state index contributed by atoms with van der Waals surface area (Å²) >= 11 is 0. The van der Waals surface area contributed by atoms with E-state index in [9.17, 15) is 9.18 Å². The monoisotopic (exact) mass is 368 g/mol. The van der Waals surface area contributed by atoms with E-state index in [1.165, 1.54) is 6.08 Å². The van der Waals surface area contributed by atoms with Crippen LogP contribution in [0.5, 0.6) is 0 Å². The van der Waals surface area contributed by atoms with E-state index in [4.69, 9.17) is 0 Å². The Kier molecular flexibility index (Phi) is 8.59. The Labute approximate surface area is 158 Å². The molecule has 3 aromatic rings. The van der Waals surface area contributed by atoms with Crippen molar-refractivity contribution in [3.63, 3.8) is 0 Å². The maximum atomic E-state index is 13.9. The van der Waals surface area contributed by atoms with Crippen LogP contribution in [0.1, 0.15) is 33.3 Å². The third kappa shape index (κ3) is 4.67. The van der Waals surface area contributed by atoms with Gasteiger partial charge in [0.25, 0.3) is 5.56 Å². The van der Waals surface area contributed by atoms with Crippen LogP contribution >= 0.6 is 0 Å². The van der Waals surface area contributed by atoms with Gasteiger partial charge in [0.05, 0.1) is 23.0 Å². The van der Waals surface area contributed by atoms with Gasteiger partial charge in [0.15, 0.2) is 0 Å². The van der Waals surface area contributed by atoms with Crippen molar-refractivity contribution in [1.82, 2.24) is 20.2 Å². The SMILES string of the molecule is C=C/C(F)=C(\C=C)c1cc2c(-c3cn[nH]c3)nccc2[nH]c1=O.CC.CC. The Morgan fingerprint density at radius 2 is 1.89 bits per heavy atom. The number of aromatic amines is 2. The summed E-state index contributed by atoms with van der Waals surface area (Å²) in [6.45, 7) is 15.0. The number of pyridine rings is 2. The molecule has 0 amide bonds. The molecule has 27 heavy (non-hydrogen) atoms. The molecule has 3 aromatic heterocycles. The number of nitrogens with zero attached hydrogens (tertiary/aromatic N) is 2. The fraction of sp³-hybridized carbons (Fsp3) is 0.190. The van der Waals surface area contributed by atoms with Gasteiger partial charge in [0.1, 0.15) is 5.83 Å². The second kappa shape index (κ2) is 10.7. The highest BCUT2D eigenvalue weighted by molar-refractivity contribution is 5.94. The largest absolute Gasteiger partial charge is 0.321 e. The Bertz CT molecular complexity index is 985. The van der Waals surface area contributed by atoms with Crippen LogP contribution in [-0.2, 0) is 0 Å². The Morgan fingerprint density at radius 3 is 2.44 bits per heavy atom. The van der Waals surface area contributed by atoms with Crippen LogP contribution in [-0.4, -0.2) is 20.2 Å². The van der Waals surface area contributed by atoms with Gasteiger partial charge in [0, 0.05) is 28.9 Å². The number of fused-ring (bicyclic) bond motifs is 1. The molecule has 3 rings (SSSR count). The molecular formula is C21H25FN4O. The summed E-state index contributed by atoms with van der Waals surface area (Å²) < 4.78 is 13.9. The summed E-state index contributed by atoms with van der Waals surface area (Å²) in [4.78, 5) is 19.4. The predicted molar refractivity (Wildman–Crippen MR) is 111 cm³/mol. The number of aromatic nitrogens is 4. The van der Waals surface area contributed by atoms with Crippen LogP contribution < -0.4 is 5.56 Å². The first-order chi connectivity index (χ1) is 13.2. The van der Waals surface area contributed by atoms with Crippen LogP contribution in [0.25, 0.3) is 27.7 Å². The summed E-state index contributed by atoms with van der Waals surface area (Å²) in [6.07, 6.45) is 7.25. The van der Waals surface area contributed by atoms with E-state index in [2.05, 4.69) is 33.3 Å². The molecule has 0 aliphatic rings. The molecule has 3 heterocycles. The lowest BCUT2D eigenvalue weighted by atomic mass is 10.0. The van der Waals surface area contributed by atoms with Gasteiger partial charge < -0.3 is 4.98 Å². The first-order valence-corrected chi connectivity index (χ1v) is 8.82. The molecule has 2 N–H and O–H groups in total. The molecule has 0 aliphatic carbocycles. The van der Waals surface area contributed by atoms with Crippen molar-refractivity contribution in [1.29, 1.82) is 0 Å². The third-order valence-corrected chi connectivity index (χ3v) is 3.47. The number of allylic oxidation sites excluding steroid dienone is 4. The molecule has 0 radical (unpaired) electrons. The topological polar surface area (TPSA) is 74.4 Å². The van der Waals surface area contributed by atoms with Crippen molar-refractivity contribution in [3.8, 4) is 11.3 Å². The molecule has 6 heteroatoms. The number of hydrogen-bond acceptors (Lipinski definition) is 3. The van der Waals surface area contributed by atoms with E-state index >= 15 is 0 Å². The second-order valence-electron chi connectivity index (χ2n) is 4.79. The summed E-state index contributed by atoms with van der Waals surface area (Å²) in [7, 11) is 0. The fourth-order valence-corrected chi connectivity index (χ4v) is 2.38. The van der Waals surface area contributed by atoms with E-state index < -0.39 is 11.4 Å². The van der Waals surface area contributed by atoms with Crippen LogP contribution in [0.3, 0.4) is 0 Å². The molecule has 0 saturated heterocycles. The quantitative estimate of drug-likeness (QED) is 0.604. The van der Waals surface area contributed by atoms with Crippen LogP contribution in [0.4, 0.5) is 4.39 Å². The first kappa shape index (κ1) is 21.8. The minimum atomic E-state index is -0.612. The standard InChI is InChI=1S/C17H13FN4O.2C2H6/c1-3-11(14(18)4-2)12-7-13-15(22-17(12)23)5-6-19-16(13)10-8-20-21-9-10;2*1-2/h3-9H,1-2H2,(H,20,21)(H,22,23);2*1-2H3/b14-11-;;. The van der Waals surface area contributed by atoms with Gasteiger partial charge in [0.2, 0.25) is 0 Å². The summed E-state index contributed by atoms with van der Waals surface area (Å²) in [5, 5.41) is 7.30. The minimum absolute atomic E-state index is 0.0881. The molecule has 0 bridgehead atoms. The zero-order valence-corrected chi connectivity index (χ0v) is 16.1. The zero-order chi connectivity index (χ0) is 20.4. The minimum Gasteiger partial charge on any atom is -0.321 e. The van der Waals surface area contributed by atoms with Gasteiger partial charge in [-0.15, -0.1) is 0 Å². The van der Waals surface area contributed by atoms with Crippen molar-refractivity contribution < 1.29 is 4.39 Å². The third-order valence-electron chi connectivity index (χ3n) is 3.47. The van der Waals surface area contributed by atoms with E-state index in [-0.39, 0.29) is 11.1 Å². The van der Waals surface area contributed by atoms with Crippen LogP contribution in [0, 0.1) is 0 Å². The van der Waals surface area contributed by atoms with Gasteiger partial charge in [-0.3, -0.25) is 14.9 Å². The maximum Gasteiger partial charge on any atom is 0.256 e. The lowest BCUT2D eigenvalue weighted by Crippen LogP contribution is -2.12. The van der Waals surface area contributed by atoms with Crippen LogP contribution in [0.15, 0.2) is 66.7 Å². The second-order valence-corrected chi connectivity index (χ2v) is 4.79. The predicted octanol–water partition coefficient (Wildman–Crippen LogP) is 5.42. The average Bonchev–Trinajstić information content (AvgIpc) is 3.26. The molecule has 0 atom stereocenters. The van der Waals surface area contributed by atoms with Crippen LogP contribution in [0.2, 0.25) is 0 Å². The van der Waals surface area contributed by atoms with Gasteiger partial charge in [-0.2, -0.15) is 5.10 Å². The molecule has 0 saturated carbocycles. The van der Waals surface area contributed by atoms with Crippen molar-refractivity contribution in [2.24, 2.45) is 0 Å². The van der Waals surface area contributed by atoms with Gasteiger partial charge in [-0.25, -0.2) is 4.39 Å². The van der Waals surface area contributed by atoms with Gasteiger partial charge >= 0.3 is 0 Å². The van der Waals surface area contributed by atoms with Gasteiger partial charge in [-0.1, -0.05) is 46.9 Å². The summed E-state index contributed by atoms with van der Waals surface area (Å²) in [5.74, 6) is -0.612. The fourth-order valence-electron chi connectivity index (χ4n) is 2.38. The number of rotatable bonds is 4. The van der Waals surface area contributed by atoms with E-state index in [0.29, 0.717) is 16.6 Å². The molecule has 0 aliphatic heterocycles. The number of nitrogens with one attached hydrogen (secondary N) is 2. The summed E-state index contributed by atoms with van der Waals surface area (Å²) in [6, 6.07) is 3.29. The van der Waals surface area contributed by atoms with E-state index in [1.807, 2.05) is 27.7 Å². The van der Waals surface area contributed by atoms with Crippen molar-refractivity contribution in [2.75, 3.05) is 0 Å². The van der Waals surface area contributed by atoms with E-state index in [1.54, 1.807) is 30.7 Å². The number of H-pyrrole nitrogens is 2. The average molecular weight is 368 g/mol. The van der Waals surface area contributed by atoms with E-state index in [0.717, 1.165) is 11.6 Å². The molecule has 0 spiro atoms. The smallest absolute Gasteiger partial charge is 0.256 e. The molecule has 0 aromatic carbocycles. The Balaban J connectivity index is 0.000000855. The highest BCUT2D eigenvalue weighted by Crippen LogP contribution is 2.27. The Hall–Kier alpha value is -3.28. The lowest BCUT2D eigenvalue weighted by Gasteiger charge is -2.07. The molecule has 142 valence electrons. The first-order valence-electron chi connectivity index (χ1n) is 8.82. The molecule has 5 nitrogen and oxygen atoms in total. The van der Waals surface area contributed by atoms with Crippen molar-refractivity contribution >= 4 is 16.5 Å². The molecular weight excluding hydrogens is 343 g/mol. The molecule has 0 fully saturated rings. The highest BCUT2D eigenvalue weighted by atomic mass is 19.1. The van der Waals surface area contributed by atoms with Crippen molar-refractivity contribution in [2.45, 2.75) is 27.7 Å². The van der Waals surface area contributed by atoms with Gasteiger partial charge in [-0.05, 0) is 18.2 Å². The lowest BCUT2D eigenvalue weighted by molar-refractivity contribution is 0.671. The number of hydrogen-bond donors (Lipinski definition) is 2.